The molecule has 104 valence electrons. The molecule has 1 amide bonds. The number of benzene rings is 1. The zero-order valence-electron chi connectivity index (χ0n) is 11.0. The standard InChI is InChI=1S/C12H13N5O3/c1-13-10-5-8(3-4-11(10)17(19)20)12(18)15-9-6-14-16(2)7-9/h3-7,13H,1-2H3,(H,15,18). The van der Waals surface area contributed by atoms with Gasteiger partial charge in [0, 0.05) is 31.9 Å². The van der Waals surface area contributed by atoms with Crippen LogP contribution in [-0.2, 0) is 7.05 Å². The molecule has 1 aromatic carbocycles. The summed E-state index contributed by atoms with van der Waals surface area (Å²) in [6.45, 7) is 0. The molecular formula is C12H13N5O3. The first-order valence-corrected chi connectivity index (χ1v) is 5.77. The van der Waals surface area contributed by atoms with E-state index in [0.29, 0.717) is 11.3 Å². The molecule has 0 spiro atoms. The van der Waals surface area contributed by atoms with Gasteiger partial charge in [0.2, 0.25) is 0 Å². The molecule has 8 heteroatoms. The van der Waals surface area contributed by atoms with Crippen molar-refractivity contribution in [1.82, 2.24) is 9.78 Å². The van der Waals surface area contributed by atoms with Gasteiger partial charge in [0.25, 0.3) is 11.6 Å². The molecule has 2 rings (SSSR count). The summed E-state index contributed by atoms with van der Waals surface area (Å²) < 4.78 is 1.56. The van der Waals surface area contributed by atoms with Gasteiger partial charge in [-0.2, -0.15) is 5.10 Å². The van der Waals surface area contributed by atoms with Crippen molar-refractivity contribution in [2.45, 2.75) is 0 Å². The van der Waals surface area contributed by atoms with Gasteiger partial charge in [-0.3, -0.25) is 19.6 Å². The number of aryl methyl sites for hydroxylation is 1. The summed E-state index contributed by atoms with van der Waals surface area (Å²) >= 11 is 0. The van der Waals surface area contributed by atoms with Gasteiger partial charge < -0.3 is 10.6 Å². The molecule has 0 aliphatic heterocycles. The van der Waals surface area contributed by atoms with Crippen LogP contribution in [0.3, 0.4) is 0 Å². The molecule has 0 radical (unpaired) electrons. The Kier molecular flexibility index (Phi) is 3.65. The van der Waals surface area contributed by atoms with Gasteiger partial charge in [0.1, 0.15) is 5.69 Å². The molecule has 20 heavy (non-hydrogen) atoms. The minimum atomic E-state index is -0.505. The van der Waals surface area contributed by atoms with E-state index in [9.17, 15) is 14.9 Å². The Morgan fingerprint density at radius 3 is 2.75 bits per heavy atom. The van der Waals surface area contributed by atoms with Gasteiger partial charge in [0.15, 0.2) is 0 Å². The number of nitro groups is 1. The minimum Gasteiger partial charge on any atom is -0.383 e. The summed E-state index contributed by atoms with van der Waals surface area (Å²) in [5.41, 5.74) is 1.09. The van der Waals surface area contributed by atoms with Crippen molar-refractivity contribution < 1.29 is 9.72 Å². The first kappa shape index (κ1) is 13.5. The molecule has 0 bridgehead atoms. The second-order valence-corrected chi connectivity index (χ2v) is 4.10. The van der Waals surface area contributed by atoms with Gasteiger partial charge >= 0.3 is 0 Å². The Morgan fingerprint density at radius 1 is 1.45 bits per heavy atom. The SMILES string of the molecule is CNc1cc(C(=O)Nc2cnn(C)c2)ccc1[N+](=O)[O-]. The number of nitrogens with zero attached hydrogens (tertiary/aromatic N) is 3. The van der Waals surface area contributed by atoms with Crippen LogP contribution in [0, 0.1) is 10.1 Å². The van der Waals surface area contributed by atoms with Crippen molar-refractivity contribution >= 4 is 23.0 Å². The van der Waals surface area contributed by atoms with E-state index in [1.54, 1.807) is 25.0 Å². The lowest BCUT2D eigenvalue weighted by Crippen LogP contribution is -2.12. The third-order valence-corrected chi connectivity index (χ3v) is 2.69. The number of carbonyl (C=O) groups excluding carboxylic acids is 1. The van der Waals surface area contributed by atoms with Crippen LogP contribution in [0.2, 0.25) is 0 Å². The fourth-order valence-corrected chi connectivity index (χ4v) is 1.73. The lowest BCUT2D eigenvalue weighted by Gasteiger charge is -2.06. The van der Waals surface area contributed by atoms with Crippen molar-refractivity contribution in [3.8, 4) is 0 Å². The maximum absolute atomic E-state index is 12.0. The van der Waals surface area contributed by atoms with Gasteiger partial charge in [-0.25, -0.2) is 0 Å². The number of carbonyl (C=O) groups is 1. The average molecular weight is 275 g/mol. The van der Waals surface area contributed by atoms with E-state index in [1.807, 2.05) is 0 Å². The number of amides is 1. The van der Waals surface area contributed by atoms with E-state index in [1.165, 1.54) is 24.4 Å². The monoisotopic (exact) mass is 275 g/mol. The molecule has 2 N–H and O–H groups in total. The summed E-state index contributed by atoms with van der Waals surface area (Å²) in [5.74, 6) is -0.357. The molecule has 1 aromatic heterocycles. The first-order valence-electron chi connectivity index (χ1n) is 5.77. The summed E-state index contributed by atoms with van der Waals surface area (Å²) in [6.07, 6.45) is 3.17. The van der Waals surface area contributed by atoms with Crippen molar-refractivity contribution in [3.05, 3.63) is 46.3 Å². The highest BCUT2D eigenvalue weighted by Gasteiger charge is 2.16. The zero-order valence-corrected chi connectivity index (χ0v) is 11.0. The van der Waals surface area contributed by atoms with Crippen LogP contribution in [0.4, 0.5) is 17.1 Å². The molecule has 0 saturated heterocycles. The molecular weight excluding hydrogens is 262 g/mol. The van der Waals surface area contributed by atoms with Crippen LogP contribution >= 0.6 is 0 Å². The Bertz CT molecular complexity index is 665. The van der Waals surface area contributed by atoms with Gasteiger partial charge in [-0.1, -0.05) is 0 Å². The lowest BCUT2D eigenvalue weighted by atomic mass is 10.1. The Balaban J connectivity index is 2.24. The zero-order chi connectivity index (χ0) is 14.7. The van der Waals surface area contributed by atoms with E-state index < -0.39 is 4.92 Å². The second kappa shape index (κ2) is 5.39. The van der Waals surface area contributed by atoms with E-state index >= 15 is 0 Å². The number of hydrogen-bond donors (Lipinski definition) is 2. The largest absolute Gasteiger partial charge is 0.383 e. The molecule has 2 aromatic rings. The van der Waals surface area contributed by atoms with Crippen LogP contribution in [0.5, 0.6) is 0 Å². The second-order valence-electron chi connectivity index (χ2n) is 4.10. The maximum Gasteiger partial charge on any atom is 0.292 e. The van der Waals surface area contributed by atoms with E-state index in [-0.39, 0.29) is 17.3 Å². The Labute approximate surface area is 114 Å². The molecule has 1 heterocycles. The van der Waals surface area contributed by atoms with Crippen LogP contribution in [0.1, 0.15) is 10.4 Å². The summed E-state index contributed by atoms with van der Waals surface area (Å²) in [5, 5.41) is 20.1. The fourth-order valence-electron chi connectivity index (χ4n) is 1.73. The van der Waals surface area contributed by atoms with E-state index in [0.717, 1.165) is 0 Å². The minimum absolute atomic E-state index is 0.0783. The molecule has 0 fully saturated rings. The quantitative estimate of drug-likeness (QED) is 0.652. The smallest absolute Gasteiger partial charge is 0.292 e. The molecule has 0 atom stereocenters. The number of rotatable bonds is 4. The van der Waals surface area contributed by atoms with Crippen LogP contribution < -0.4 is 10.6 Å². The van der Waals surface area contributed by atoms with Crippen molar-refractivity contribution in [2.24, 2.45) is 7.05 Å². The topological polar surface area (TPSA) is 102 Å². The summed E-state index contributed by atoms with van der Waals surface area (Å²) in [7, 11) is 3.30. The van der Waals surface area contributed by atoms with Gasteiger partial charge in [-0.15, -0.1) is 0 Å². The van der Waals surface area contributed by atoms with Crippen LogP contribution in [0.25, 0.3) is 0 Å². The van der Waals surface area contributed by atoms with Crippen molar-refractivity contribution in [3.63, 3.8) is 0 Å². The highest BCUT2D eigenvalue weighted by Crippen LogP contribution is 2.25. The number of hydrogen-bond acceptors (Lipinski definition) is 5. The molecule has 8 nitrogen and oxygen atoms in total. The highest BCUT2D eigenvalue weighted by molar-refractivity contribution is 6.05. The maximum atomic E-state index is 12.0. The van der Waals surface area contributed by atoms with E-state index in [2.05, 4.69) is 15.7 Å². The first-order chi connectivity index (χ1) is 9.51. The molecule has 0 saturated carbocycles. The Hall–Kier alpha value is -2.90. The normalized spacial score (nSPS) is 10.1. The van der Waals surface area contributed by atoms with Gasteiger partial charge in [-0.05, 0) is 12.1 Å². The number of anilines is 2. The third kappa shape index (κ3) is 2.74. The van der Waals surface area contributed by atoms with Crippen molar-refractivity contribution in [2.75, 3.05) is 17.7 Å². The highest BCUT2D eigenvalue weighted by atomic mass is 16.6. The molecule has 0 aliphatic rings. The fraction of sp³-hybridized carbons (Fsp3) is 0.167. The summed E-state index contributed by atoms with van der Waals surface area (Å²) in [6, 6.07) is 4.14. The predicted octanol–water partition coefficient (Wildman–Crippen LogP) is 1.62. The number of nitrogens with one attached hydrogen (secondary N) is 2. The third-order valence-electron chi connectivity index (χ3n) is 2.69. The summed E-state index contributed by atoms with van der Waals surface area (Å²) in [4.78, 5) is 22.3. The van der Waals surface area contributed by atoms with Crippen LogP contribution in [-0.4, -0.2) is 27.7 Å². The van der Waals surface area contributed by atoms with E-state index in [4.69, 9.17) is 0 Å². The average Bonchev–Trinajstić information content (AvgIpc) is 2.83. The molecule has 0 unspecified atom stereocenters. The van der Waals surface area contributed by atoms with Crippen LogP contribution in [0.15, 0.2) is 30.6 Å². The molecule has 0 aliphatic carbocycles. The number of nitro benzene ring substituents is 1. The lowest BCUT2D eigenvalue weighted by molar-refractivity contribution is -0.383. The van der Waals surface area contributed by atoms with Crippen molar-refractivity contribution in [1.29, 1.82) is 0 Å². The number of aromatic nitrogens is 2. The van der Waals surface area contributed by atoms with Gasteiger partial charge in [0.05, 0.1) is 16.8 Å². The predicted molar refractivity (Wildman–Crippen MR) is 73.8 cm³/mol. The Morgan fingerprint density at radius 2 is 2.20 bits per heavy atom.